The van der Waals surface area contributed by atoms with E-state index in [-0.39, 0.29) is 35.1 Å². The molecule has 0 saturated heterocycles. The standard InChI is InChI=1S/C13H19N3O5/c1-13(2,3)12(6-7-17)14-10-5-4-9(15(18)19)8-11(10)16(20)21/h4-5,8,12,14,17H,6-7H2,1-3H3. The van der Waals surface area contributed by atoms with Crippen molar-refractivity contribution in [2.75, 3.05) is 11.9 Å². The molecule has 1 rings (SSSR count). The van der Waals surface area contributed by atoms with Crippen LogP contribution in [0.2, 0.25) is 0 Å². The highest BCUT2D eigenvalue weighted by Gasteiger charge is 2.27. The molecule has 0 aromatic heterocycles. The third kappa shape index (κ3) is 4.38. The monoisotopic (exact) mass is 297 g/mol. The fraction of sp³-hybridized carbons (Fsp3) is 0.538. The Morgan fingerprint density at radius 2 is 1.86 bits per heavy atom. The van der Waals surface area contributed by atoms with Gasteiger partial charge in [-0.25, -0.2) is 0 Å². The molecule has 8 nitrogen and oxygen atoms in total. The Hall–Kier alpha value is -2.22. The van der Waals surface area contributed by atoms with E-state index in [1.807, 2.05) is 20.8 Å². The fourth-order valence-electron chi connectivity index (χ4n) is 1.95. The first-order valence-electron chi connectivity index (χ1n) is 6.47. The van der Waals surface area contributed by atoms with E-state index >= 15 is 0 Å². The van der Waals surface area contributed by atoms with Crippen molar-refractivity contribution in [3.63, 3.8) is 0 Å². The number of hydrogen-bond donors (Lipinski definition) is 2. The molecule has 1 aromatic rings. The Morgan fingerprint density at radius 3 is 2.29 bits per heavy atom. The fourth-order valence-corrected chi connectivity index (χ4v) is 1.95. The van der Waals surface area contributed by atoms with Gasteiger partial charge in [0.25, 0.3) is 11.4 Å². The maximum absolute atomic E-state index is 11.1. The van der Waals surface area contributed by atoms with Gasteiger partial charge in [-0.15, -0.1) is 0 Å². The molecule has 0 heterocycles. The van der Waals surface area contributed by atoms with Crippen molar-refractivity contribution in [3.8, 4) is 0 Å². The van der Waals surface area contributed by atoms with Gasteiger partial charge in [0.1, 0.15) is 5.69 Å². The van der Waals surface area contributed by atoms with E-state index in [0.29, 0.717) is 6.42 Å². The zero-order valence-electron chi connectivity index (χ0n) is 12.2. The number of anilines is 1. The summed E-state index contributed by atoms with van der Waals surface area (Å²) in [7, 11) is 0. The predicted molar refractivity (Wildman–Crippen MR) is 78.3 cm³/mol. The van der Waals surface area contributed by atoms with Crippen LogP contribution in [0.15, 0.2) is 18.2 Å². The average molecular weight is 297 g/mol. The molecule has 1 aromatic carbocycles. The molecule has 0 aliphatic rings. The maximum atomic E-state index is 11.1. The summed E-state index contributed by atoms with van der Waals surface area (Å²) < 4.78 is 0. The number of nitrogens with one attached hydrogen (secondary N) is 1. The van der Waals surface area contributed by atoms with Crippen LogP contribution in [-0.4, -0.2) is 27.6 Å². The molecule has 0 fully saturated rings. The van der Waals surface area contributed by atoms with E-state index in [1.54, 1.807) is 0 Å². The van der Waals surface area contributed by atoms with Crippen LogP contribution in [0.1, 0.15) is 27.2 Å². The van der Waals surface area contributed by atoms with Crippen molar-refractivity contribution < 1.29 is 15.0 Å². The van der Waals surface area contributed by atoms with Crippen LogP contribution in [0.3, 0.4) is 0 Å². The van der Waals surface area contributed by atoms with Gasteiger partial charge < -0.3 is 10.4 Å². The third-order valence-corrected chi connectivity index (χ3v) is 3.18. The molecule has 0 amide bonds. The van der Waals surface area contributed by atoms with Crippen LogP contribution in [0.4, 0.5) is 17.1 Å². The molecule has 0 saturated carbocycles. The molecule has 0 aliphatic carbocycles. The van der Waals surface area contributed by atoms with Gasteiger partial charge in [0.2, 0.25) is 0 Å². The van der Waals surface area contributed by atoms with Gasteiger partial charge in [-0.2, -0.15) is 0 Å². The minimum Gasteiger partial charge on any atom is -0.396 e. The van der Waals surface area contributed by atoms with E-state index in [4.69, 9.17) is 5.11 Å². The van der Waals surface area contributed by atoms with Crippen molar-refractivity contribution in [2.45, 2.75) is 33.2 Å². The van der Waals surface area contributed by atoms with Crippen molar-refractivity contribution >= 4 is 17.1 Å². The molecule has 1 atom stereocenters. The van der Waals surface area contributed by atoms with Gasteiger partial charge in [-0.05, 0) is 17.9 Å². The van der Waals surface area contributed by atoms with Crippen molar-refractivity contribution in [1.29, 1.82) is 0 Å². The van der Waals surface area contributed by atoms with Gasteiger partial charge in [-0.1, -0.05) is 20.8 Å². The number of rotatable bonds is 6. The van der Waals surface area contributed by atoms with Gasteiger partial charge in [0.15, 0.2) is 0 Å². The molecule has 21 heavy (non-hydrogen) atoms. The number of nitrogens with zero attached hydrogens (tertiary/aromatic N) is 2. The molecule has 1 unspecified atom stereocenters. The zero-order chi connectivity index (χ0) is 16.2. The first kappa shape index (κ1) is 16.8. The number of aliphatic hydroxyl groups is 1. The summed E-state index contributed by atoms with van der Waals surface area (Å²) in [5, 5.41) is 33.9. The molecular formula is C13H19N3O5. The molecule has 2 N–H and O–H groups in total. The Kier molecular flexibility index (Phi) is 5.20. The second-order valence-corrected chi connectivity index (χ2v) is 5.79. The highest BCUT2D eigenvalue weighted by Crippen LogP contribution is 2.33. The molecule has 0 bridgehead atoms. The SMILES string of the molecule is CC(C)(C)C(CCO)Nc1ccc([N+](=O)[O-])cc1[N+](=O)[O-]. The molecule has 0 radical (unpaired) electrons. The molecule has 116 valence electrons. The van der Waals surface area contributed by atoms with Crippen molar-refractivity contribution in [2.24, 2.45) is 5.41 Å². The van der Waals surface area contributed by atoms with E-state index in [2.05, 4.69) is 5.32 Å². The Morgan fingerprint density at radius 1 is 1.24 bits per heavy atom. The van der Waals surface area contributed by atoms with Gasteiger partial charge >= 0.3 is 0 Å². The van der Waals surface area contributed by atoms with Crippen LogP contribution < -0.4 is 5.32 Å². The van der Waals surface area contributed by atoms with E-state index in [0.717, 1.165) is 6.07 Å². The van der Waals surface area contributed by atoms with Crippen LogP contribution >= 0.6 is 0 Å². The lowest BCUT2D eigenvalue weighted by molar-refractivity contribution is -0.393. The topological polar surface area (TPSA) is 119 Å². The lowest BCUT2D eigenvalue weighted by Crippen LogP contribution is -2.35. The first-order valence-corrected chi connectivity index (χ1v) is 6.47. The highest BCUT2D eigenvalue weighted by molar-refractivity contribution is 5.65. The minimum atomic E-state index is -0.675. The lowest BCUT2D eigenvalue weighted by atomic mass is 9.84. The summed E-state index contributed by atoms with van der Waals surface area (Å²) in [5.41, 5.74) is -0.713. The quantitative estimate of drug-likeness (QED) is 0.615. The predicted octanol–water partition coefficient (Wildman–Crippen LogP) is 2.71. The smallest absolute Gasteiger partial charge is 0.299 e. The number of benzene rings is 1. The number of nitro groups is 2. The van der Waals surface area contributed by atoms with Crippen LogP contribution in [0.5, 0.6) is 0 Å². The molecular weight excluding hydrogens is 278 g/mol. The largest absolute Gasteiger partial charge is 0.396 e. The summed E-state index contributed by atoms with van der Waals surface area (Å²) in [5.74, 6) is 0. The number of hydrogen-bond acceptors (Lipinski definition) is 6. The summed E-state index contributed by atoms with van der Waals surface area (Å²) in [6, 6.07) is 3.27. The molecule has 8 heteroatoms. The maximum Gasteiger partial charge on any atom is 0.299 e. The minimum absolute atomic E-state index is 0.0598. The molecule has 0 aliphatic heterocycles. The van der Waals surface area contributed by atoms with E-state index in [9.17, 15) is 20.2 Å². The second kappa shape index (κ2) is 6.49. The summed E-state index contributed by atoms with van der Waals surface area (Å²) >= 11 is 0. The zero-order valence-corrected chi connectivity index (χ0v) is 12.2. The number of nitro benzene ring substituents is 2. The lowest BCUT2D eigenvalue weighted by Gasteiger charge is -2.31. The molecule has 0 spiro atoms. The second-order valence-electron chi connectivity index (χ2n) is 5.79. The van der Waals surface area contributed by atoms with Gasteiger partial charge in [0.05, 0.1) is 15.9 Å². The number of non-ortho nitro benzene ring substituents is 1. The first-order chi connectivity index (χ1) is 9.66. The van der Waals surface area contributed by atoms with Crippen molar-refractivity contribution in [3.05, 3.63) is 38.4 Å². The van der Waals surface area contributed by atoms with Gasteiger partial charge in [0, 0.05) is 18.7 Å². The summed E-state index contributed by atoms with van der Waals surface area (Å²) in [6.07, 6.45) is 0.414. The average Bonchev–Trinajstić information content (AvgIpc) is 2.36. The summed E-state index contributed by atoms with van der Waals surface area (Å²) in [6.45, 7) is 5.77. The van der Waals surface area contributed by atoms with Crippen LogP contribution in [-0.2, 0) is 0 Å². The van der Waals surface area contributed by atoms with Gasteiger partial charge in [-0.3, -0.25) is 20.2 Å². The van der Waals surface area contributed by atoms with E-state index < -0.39 is 9.85 Å². The van der Waals surface area contributed by atoms with E-state index in [1.165, 1.54) is 12.1 Å². The normalized spacial score (nSPS) is 12.8. The van der Waals surface area contributed by atoms with Crippen LogP contribution in [0.25, 0.3) is 0 Å². The highest BCUT2D eigenvalue weighted by atomic mass is 16.6. The third-order valence-electron chi connectivity index (χ3n) is 3.18. The van der Waals surface area contributed by atoms with Crippen LogP contribution in [0, 0.1) is 25.6 Å². The Balaban J connectivity index is 3.17. The van der Waals surface area contributed by atoms with Crippen molar-refractivity contribution in [1.82, 2.24) is 0 Å². The Labute approximate surface area is 122 Å². The summed E-state index contributed by atoms with van der Waals surface area (Å²) in [4.78, 5) is 20.4. The Bertz CT molecular complexity index is 539. The number of aliphatic hydroxyl groups excluding tert-OH is 1.